The maximum Gasteiger partial charge on any atom is 0.0590 e. The highest BCUT2D eigenvalue weighted by atomic mass is 14.7. The van der Waals surface area contributed by atoms with Crippen molar-refractivity contribution in [2.45, 2.75) is 13.3 Å². The molecular weight excluding hydrogens is 230 g/mol. The van der Waals surface area contributed by atoms with Gasteiger partial charge in [0.1, 0.15) is 0 Å². The molecule has 0 radical (unpaired) electrons. The number of nitrogens with zero attached hydrogens (tertiary/aromatic N) is 1. The molecular formula is C18H19N. The highest BCUT2D eigenvalue weighted by Gasteiger charge is 1.93. The summed E-state index contributed by atoms with van der Waals surface area (Å²) >= 11 is 0. The molecule has 0 aliphatic heterocycles. The largest absolute Gasteiger partial charge is 0.257 e. The number of hydrogen-bond donors (Lipinski definition) is 0. The third-order valence-corrected chi connectivity index (χ3v) is 2.86. The van der Waals surface area contributed by atoms with Gasteiger partial charge >= 0.3 is 0 Å². The van der Waals surface area contributed by atoms with E-state index in [9.17, 15) is 0 Å². The van der Waals surface area contributed by atoms with E-state index in [1.807, 2.05) is 24.4 Å². The summed E-state index contributed by atoms with van der Waals surface area (Å²) in [6, 6.07) is 10.2. The predicted molar refractivity (Wildman–Crippen MR) is 83.3 cm³/mol. The SMILES string of the molecule is CC1/C=C\C=C/C/C=C(/N=C/c2ccccc2)\C=C/1. The Balaban J connectivity index is 2.13. The Morgan fingerprint density at radius 1 is 1.11 bits per heavy atom. The second-order valence-corrected chi connectivity index (χ2v) is 4.56. The second kappa shape index (κ2) is 7.32. The minimum atomic E-state index is 0.429. The molecule has 1 aliphatic carbocycles. The van der Waals surface area contributed by atoms with E-state index in [1.54, 1.807) is 0 Å². The molecule has 0 N–H and O–H groups in total. The summed E-state index contributed by atoms with van der Waals surface area (Å²) in [6.45, 7) is 2.17. The first kappa shape index (κ1) is 13.3. The van der Waals surface area contributed by atoms with Crippen molar-refractivity contribution in [2.24, 2.45) is 10.9 Å². The molecule has 0 aromatic heterocycles. The molecule has 1 aliphatic rings. The summed E-state index contributed by atoms with van der Waals surface area (Å²) < 4.78 is 0. The third-order valence-electron chi connectivity index (χ3n) is 2.86. The average Bonchev–Trinajstić information content (AvgIpc) is 2.46. The highest BCUT2D eigenvalue weighted by Crippen LogP contribution is 2.09. The van der Waals surface area contributed by atoms with Crippen LogP contribution in [0, 0.1) is 5.92 Å². The minimum Gasteiger partial charge on any atom is -0.257 e. The van der Waals surface area contributed by atoms with Crippen molar-refractivity contribution in [2.75, 3.05) is 0 Å². The van der Waals surface area contributed by atoms with Gasteiger partial charge in [0, 0.05) is 6.21 Å². The summed E-state index contributed by atoms with van der Waals surface area (Å²) in [5, 5.41) is 0. The molecule has 1 unspecified atom stereocenters. The second-order valence-electron chi connectivity index (χ2n) is 4.56. The van der Waals surface area contributed by atoms with E-state index in [4.69, 9.17) is 0 Å². The van der Waals surface area contributed by atoms with Gasteiger partial charge in [0.25, 0.3) is 0 Å². The minimum absolute atomic E-state index is 0.429. The van der Waals surface area contributed by atoms with E-state index < -0.39 is 0 Å². The molecule has 2 rings (SSSR count). The Morgan fingerprint density at radius 2 is 1.95 bits per heavy atom. The fourth-order valence-electron chi connectivity index (χ4n) is 1.75. The molecule has 0 spiro atoms. The summed E-state index contributed by atoms with van der Waals surface area (Å²) in [5.74, 6) is 0.429. The Morgan fingerprint density at radius 3 is 2.79 bits per heavy atom. The van der Waals surface area contributed by atoms with Gasteiger partial charge in [-0.1, -0.05) is 73.7 Å². The molecule has 0 bridgehead atoms. The van der Waals surface area contributed by atoms with Crippen LogP contribution in [0.5, 0.6) is 0 Å². The molecule has 1 atom stereocenters. The van der Waals surface area contributed by atoms with Crippen molar-refractivity contribution in [3.05, 3.63) is 84.1 Å². The van der Waals surface area contributed by atoms with E-state index >= 15 is 0 Å². The Labute approximate surface area is 115 Å². The lowest BCUT2D eigenvalue weighted by Gasteiger charge is -2.00. The van der Waals surface area contributed by atoms with Crippen molar-refractivity contribution in [1.29, 1.82) is 0 Å². The van der Waals surface area contributed by atoms with Gasteiger partial charge in [0.15, 0.2) is 0 Å². The van der Waals surface area contributed by atoms with E-state index in [-0.39, 0.29) is 0 Å². The van der Waals surface area contributed by atoms with E-state index in [0.717, 1.165) is 17.7 Å². The van der Waals surface area contributed by atoms with Gasteiger partial charge in [-0.3, -0.25) is 4.99 Å². The zero-order valence-electron chi connectivity index (χ0n) is 11.2. The van der Waals surface area contributed by atoms with Crippen LogP contribution >= 0.6 is 0 Å². The van der Waals surface area contributed by atoms with Gasteiger partial charge in [-0.05, 0) is 24.0 Å². The van der Waals surface area contributed by atoms with Crippen LogP contribution in [0.2, 0.25) is 0 Å². The first-order valence-electron chi connectivity index (χ1n) is 6.65. The lowest BCUT2D eigenvalue weighted by Crippen LogP contribution is -1.85. The van der Waals surface area contributed by atoms with Gasteiger partial charge in [-0.2, -0.15) is 0 Å². The molecule has 0 amide bonds. The van der Waals surface area contributed by atoms with Crippen LogP contribution in [-0.4, -0.2) is 6.21 Å². The average molecular weight is 249 g/mol. The molecule has 1 heteroatoms. The number of allylic oxidation sites excluding steroid dienone is 7. The summed E-state index contributed by atoms with van der Waals surface area (Å²) in [5.41, 5.74) is 2.13. The first-order chi connectivity index (χ1) is 9.34. The smallest absolute Gasteiger partial charge is 0.0590 e. The van der Waals surface area contributed by atoms with Crippen LogP contribution in [0.4, 0.5) is 0 Å². The summed E-state index contributed by atoms with van der Waals surface area (Å²) in [6.07, 6.45) is 17.7. The number of aliphatic imine (C=N–C) groups is 1. The van der Waals surface area contributed by atoms with Crippen LogP contribution in [0.1, 0.15) is 18.9 Å². The first-order valence-corrected chi connectivity index (χ1v) is 6.65. The van der Waals surface area contributed by atoms with Crippen LogP contribution in [-0.2, 0) is 0 Å². The summed E-state index contributed by atoms with van der Waals surface area (Å²) in [7, 11) is 0. The van der Waals surface area contributed by atoms with Crippen LogP contribution in [0.3, 0.4) is 0 Å². The van der Waals surface area contributed by atoms with Gasteiger partial charge in [-0.25, -0.2) is 0 Å². The Bertz CT molecular complexity index is 530. The molecule has 0 heterocycles. The number of rotatable bonds is 2. The molecule has 1 nitrogen and oxygen atoms in total. The molecule has 19 heavy (non-hydrogen) atoms. The molecule has 0 fully saturated rings. The van der Waals surface area contributed by atoms with Crippen molar-refractivity contribution in [1.82, 2.24) is 0 Å². The highest BCUT2D eigenvalue weighted by molar-refractivity contribution is 5.80. The topological polar surface area (TPSA) is 12.4 Å². The predicted octanol–water partition coefficient (Wildman–Crippen LogP) is 4.70. The van der Waals surface area contributed by atoms with Crippen molar-refractivity contribution >= 4 is 6.21 Å². The van der Waals surface area contributed by atoms with Crippen LogP contribution in [0.15, 0.2) is 83.6 Å². The number of hydrogen-bond acceptors (Lipinski definition) is 1. The molecule has 1 aromatic rings. The molecule has 96 valence electrons. The standard InChI is InChI=1S/C18H19N/c1-16-9-5-2-3-8-12-18(14-13-16)19-15-17-10-6-4-7-11-17/h2-7,9-16H,8H2,1H3/b3-2-,9-5-,14-13-,18-12+,19-15+. The van der Waals surface area contributed by atoms with Crippen LogP contribution < -0.4 is 0 Å². The van der Waals surface area contributed by atoms with Gasteiger partial charge in [0.05, 0.1) is 5.70 Å². The van der Waals surface area contributed by atoms with Gasteiger partial charge < -0.3 is 0 Å². The lowest BCUT2D eigenvalue weighted by atomic mass is 10.1. The lowest BCUT2D eigenvalue weighted by molar-refractivity contribution is 0.937. The maximum atomic E-state index is 4.55. The van der Waals surface area contributed by atoms with E-state index in [1.165, 1.54) is 0 Å². The Hall–Kier alpha value is -2.15. The van der Waals surface area contributed by atoms with E-state index in [2.05, 4.69) is 66.6 Å². The normalized spacial score (nSPS) is 27.4. The van der Waals surface area contributed by atoms with Gasteiger partial charge in [0.2, 0.25) is 0 Å². The fourth-order valence-corrected chi connectivity index (χ4v) is 1.75. The van der Waals surface area contributed by atoms with E-state index in [0.29, 0.717) is 5.92 Å². The molecule has 1 aromatic carbocycles. The van der Waals surface area contributed by atoms with Crippen molar-refractivity contribution in [3.63, 3.8) is 0 Å². The fraction of sp³-hybridized carbons (Fsp3) is 0.167. The zero-order valence-corrected chi connectivity index (χ0v) is 11.2. The molecule has 0 saturated heterocycles. The third kappa shape index (κ3) is 4.92. The van der Waals surface area contributed by atoms with Crippen molar-refractivity contribution in [3.8, 4) is 0 Å². The molecule has 0 saturated carbocycles. The number of benzene rings is 1. The van der Waals surface area contributed by atoms with Crippen LogP contribution in [0.25, 0.3) is 0 Å². The Kier molecular flexibility index (Phi) is 5.12. The monoisotopic (exact) mass is 249 g/mol. The zero-order chi connectivity index (χ0) is 13.3. The summed E-state index contributed by atoms with van der Waals surface area (Å²) in [4.78, 5) is 4.55. The van der Waals surface area contributed by atoms with Gasteiger partial charge in [-0.15, -0.1) is 0 Å². The van der Waals surface area contributed by atoms with Crippen molar-refractivity contribution < 1.29 is 0 Å². The quantitative estimate of drug-likeness (QED) is 0.674. The maximum absolute atomic E-state index is 4.55.